The fraction of sp³-hybridized carbons (Fsp3) is 0.625. The molecule has 1 heterocycles. The highest BCUT2D eigenvalue weighted by Crippen LogP contribution is 2.35. The van der Waals surface area contributed by atoms with E-state index in [9.17, 15) is 0 Å². The molecule has 1 fully saturated rings. The van der Waals surface area contributed by atoms with E-state index in [1.54, 1.807) is 0 Å². The number of benzene rings is 1. The minimum Gasteiger partial charge on any atom is -0.367 e. The minimum absolute atomic E-state index is 0.131. The molecule has 0 saturated carbocycles. The van der Waals surface area contributed by atoms with Gasteiger partial charge in [-0.25, -0.2) is 0 Å². The Kier molecular flexibility index (Phi) is 4.45. The molecule has 1 aliphatic rings. The molecule has 112 valence electrons. The average Bonchev–Trinajstić information content (AvgIpc) is 2.28. The van der Waals surface area contributed by atoms with E-state index in [0.29, 0.717) is 6.54 Å². The van der Waals surface area contributed by atoms with Gasteiger partial charge in [-0.2, -0.15) is 0 Å². The topological polar surface area (TPSA) is 38.5 Å². The molecule has 1 aromatic carbocycles. The highest BCUT2D eigenvalue weighted by atomic mass is 35.5. The van der Waals surface area contributed by atoms with E-state index in [-0.39, 0.29) is 17.2 Å². The van der Waals surface area contributed by atoms with Crippen molar-refractivity contribution in [3.05, 3.63) is 34.9 Å². The normalized spacial score (nSPS) is 23.5. The maximum atomic E-state index is 6.35. The lowest BCUT2D eigenvalue weighted by atomic mass is 9.95. The number of morpholine rings is 1. The molecule has 0 radical (unpaired) electrons. The molecule has 0 aromatic heterocycles. The molecule has 1 saturated heterocycles. The lowest BCUT2D eigenvalue weighted by Crippen LogP contribution is -2.58. The summed E-state index contributed by atoms with van der Waals surface area (Å²) in [5.41, 5.74) is 6.77. The lowest BCUT2D eigenvalue weighted by Gasteiger charge is -2.49. The van der Waals surface area contributed by atoms with Crippen LogP contribution in [0, 0.1) is 0 Å². The van der Waals surface area contributed by atoms with Gasteiger partial charge in [0.05, 0.1) is 11.2 Å². The van der Waals surface area contributed by atoms with Gasteiger partial charge in [-0.3, -0.25) is 4.90 Å². The number of rotatable bonds is 3. The van der Waals surface area contributed by atoms with Gasteiger partial charge < -0.3 is 10.5 Å². The van der Waals surface area contributed by atoms with Crippen LogP contribution in [0.5, 0.6) is 0 Å². The zero-order chi connectivity index (χ0) is 15.0. The first kappa shape index (κ1) is 15.8. The minimum atomic E-state index is -0.184. The van der Waals surface area contributed by atoms with Crippen molar-refractivity contribution in [2.75, 3.05) is 19.6 Å². The van der Waals surface area contributed by atoms with Crippen LogP contribution < -0.4 is 5.73 Å². The summed E-state index contributed by atoms with van der Waals surface area (Å²) in [5.74, 6) is 0. The van der Waals surface area contributed by atoms with Crippen LogP contribution in [0.4, 0.5) is 0 Å². The molecular weight excluding hydrogens is 272 g/mol. The monoisotopic (exact) mass is 296 g/mol. The maximum absolute atomic E-state index is 6.35. The molecule has 0 amide bonds. The second-order valence-corrected chi connectivity index (χ2v) is 7.21. The summed E-state index contributed by atoms with van der Waals surface area (Å²) in [6.45, 7) is 10.8. The summed E-state index contributed by atoms with van der Waals surface area (Å²) in [7, 11) is 0. The SMILES string of the molecule is CC1(C)CN(C(CN)c2ccccc2Cl)CC(C)(C)O1. The predicted molar refractivity (Wildman–Crippen MR) is 84.1 cm³/mol. The number of ether oxygens (including phenoxy) is 1. The van der Waals surface area contributed by atoms with E-state index in [4.69, 9.17) is 22.1 Å². The summed E-state index contributed by atoms with van der Waals surface area (Å²) in [6, 6.07) is 8.09. The second-order valence-electron chi connectivity index (χ2n) is 6.80. The molecule has 1 unspecified atom stereocenters. The number of halogens is 1. The Balaban J connectivity index is 2.30. The van der Waals surface area contributed by atoms with E-state index in [1.807, 2.05) is 18.2 Å². The molecule has 3 nitrogen and oxygen atoms in total. The van der Waals surface area contributed by atoms with Gasteiger partial charge in [-0.05, 0) is 39.3 Å². The standard InChI is InChI=1S/C16H25ClN2O/c1-15(2)10-19(11-16(3,4)20-15)14(9-18)12-7-5-6-8-13(12)17/h5-8,14H,9-11,18H2,1-4H3. The molecule has 2 N–H and O–H groups in total. The molecule has 20 heavy (non-hydrogen) atoms. The molecule has 1 atom stereocenters. The summed E-state index contributed by atoms with van der Waals surface area (Å²) in [4.78, 5) is 2.39. The molecule has 0 spiro atoms. The largest absolute Gasteiger partial charge is 0.367 e. The fourth-order valence-corrected chi connectivity index (χ4v) is 3.55. The van der Waals surface area contributed by atoms with E-state index >= 15 is 0 Å². The van der Waals surface area contributed by atoms with Crippen LogP contribution in [0.2, 0.25) is 5.02 Å². The third-order valence-electron chi connectivity index (χ3n) is 3.65. The van der Waals surface area contributed by atoms with Crippen LogP contribution in [-0.4, -0.2) is 35.7 Å². The summed E-state index contributed by atoms with van der Waals surface area (Å²) in [6.07, 6.45) is 0. The molecule has 2 rings (SSSR count). The van der Waals surface area contributed by atoms with Crippen LogP contribution in [0.1, 0.15) is 39.3 Å². The Morgan fingerprint density at radius 3 is 2.25 bits per heavy atom. The van der Waals surface area contributed by atoms with E-state index in [0.717, 1.165) is 23.7 Å². The van der Waals surface area contributed by atoms with Gasteiger partial charge in [0.1, 0.15) is 0 Å². The van der Waals surface area contributed by atoms with Crippen LogP contribution in [0.3, 0.4) is 0 Å². The number of hydrogen-bond acceptors (Lipinski definition) is 3. The molecule has 0 bridgehead atoms. The zero-order valence-corrected chi connectivity index (χ0v) is 13.6. The first-order valence-corrected chi connectivity index (χ1v) is 7.51. The van der Waals surface area contributed by atoms with Gasteiger partial charge in [-0.15, -0.1) is 0 Å². The predicted octanol–water partition coefficient (Wildman–Crippen LogP) is 3.23. The van der Waals surface area contributed by atoms with Crippen molar-refractivity contribution in [1.82, 2.24) is 4.90 Å². The summed E-state index contributed by atoms with van der Waals surface area (Å²) < 4.78 is 6.14. The van der Waals surface area contributed by atoms with Crippen molar-refractivity contribution in [3.63, 3.8) is 0 Å². The van der Waals surface area contributed by atoms with Crippen molar-refractivity contribution >= 4 is 11.6 Å². The van der Waals surface area contributed by atoms with Crippen molar-refractivity contribution in [1.29, 1.82) is 0 Å². The first-order valence-electron chi connectivity index (χ1n) is 7.13. The van der Waals surface area contributed by atoms with Crippen LogP contribution in [0.25, 0.3) is 0 Å². The van der Waals surface area contributed by atoms with Crippen molar-refractivity contribution in [2.45, 2.75) is 44.9 Å². The van der Waals surface area contributed by atoms with Crippen molar-refractivity contribution in [2.24, 2.45) is 5.73 Å². The Labute approximate surface area is 127 Å². The Morgan fingerprint density at radius 1 is 1.20 bits per heavy atom. The quantitative estimate of drug-likeness (QED) is 0.931. The molecule has 1 aliphatic heterocycles. The lowest BCUT2D eigenvalue weighted by molar-refractivity contribution is -0.187. The van der Waals surface area contributed by atoms with Gasteiger partial charge in [0.15, 0.2) is 0 Å². The van der Waals surface area contributed by atoms with Gasteiger partial charge in [-0.1, -0.05) is 29.8 Å². The number of nitrogens with zero attached hydrogens (tertiary/aromatic N) is 1. The van der Waals surface area contributed by atoms with E-state index < -0.39 is 0 Å². The van der Waals surface area contributed by atoms with Gasteiger partial charge >= 0.3 is 0 Å². The third-order valence-corrected chi connectivity index (χ3v) is 3.99. The number of nitrogens with two attached hydrogens (primary N) is 1. The van der Waals surface area contributed by atoms with E-state index in [1.165, 1.54) is 0 Å². The highest BCUT2D eigenvalue weighted by molar-refractivity contribution is 6.31. The zero-order valence-electron chi connectivity index (χ0n) is 12.8. The smallest absolute Gasteiger partial charge is 0.0761 e. The fourth-order valence-electron chi connectivity index (χ4n) is 3.29. The Bertz CT molecular complexity index is 457. The molecule has 0 aliphatic carbocycles. The van der Waals surface area contributed by atoms with Crippen LogP contribution in [0.15, 0.2) is 24.3 Å². The van der Waals surface area contributed by atoms with Crippen molar-refractivity contribution in [3.8, 4) is 0 Å². The van der Waals surface area contributed by atoms with Crippen LogP contribution in [-0.2, 0) is 4.74 Å². The average molecular weight is 297 g/mol. The third kappa shape index (κ3) is 3.53. The molecule has 1 aromatic rings. The van der Waals surface area contributed by atoms with Gasteiger partial charge in [0.2, 0.25) is 0 Å². The number of hydrogen-bond donors (Lipinski definition) is 1. The molecule has 4 heteroatoms. The summed E-state index contributed by atoms with van der Waals surface area (Å²) >= 11 is 6.35. The first-order chi connectivity index (χ1) is 9.24. The Morgan fingerprint density at radius 2 is 1.75 bits per heavy atom. The molecular formula is C16H25ClN2O. The van der Waals surface area contributed by atoms with E-state index in [2.05, 4.69) is 38.7 Å². The van der Waals surface area contributed by atoms with Crippen molar-refractivity contribution < 1.29 is 4.74 Å². The second kappa shape index (κ2) is 5.64. The van der Waals surface area contributed by atoms with Gasteiger partial charge in [0, 0.05) is 30.7 Å². The maximum Gasteiger partial charge on any atom is 0.0761 e. The summed E-state index contributed by atoms with van der Waals surface area (Å²) in [5, 5.41) is 0.782. The highest BCUT2D eigenvalue weighted by Gasteiger charge is 2.40. The van der Waals surface area contributed by atoms with Crippen LogP contribution >= 0.6 is 11.6 Å². The Hall–Kier alpha value is -0.610. The van der Waals surface area contributed by atoms with Gasteiger partial charge in [0.25, 0.3) is 0 Å².